The molecule has 0 saturated heterocycles. The molecule has 0 heterocycles. The van der Waals surface area contributed by atoms with Gasteiger partial charge in [-0.05, 0) is 56.2 Å². The average molecular weight is 269 g/mol. The molecule has 0 aliphatic heterocycles. The number of aryl methyl sites for hydroxylation is 2. The molecule has 0 spiro atoms. The van der Waals surface area contributed by atoms with Gasteiger partial charge in [-0.25, -0.2) is 0 Å². The molecule has 104 valence electrons. The van der Waals surface area contributed by atoms with Crippen LogP contribution >= 0.6 is 0 Å². The molecule has 0 saturated carbocycles. The largest absolute Gasteiger partial charge is 0.504 e. The zero-order chi connectivity index (χ0) is 14.5. The van der Waals surface area contributed by atoms with Gasteiger partial charge in [0, 0.05) is 6.21 Å². The Morgan fingerprint density at radius 3 is 2.65 bits per heavy atom. The van der Waals surface area contributed by atoms with Crippen molar-refractivity contribution < 1.29 is 9.84 Å². The van der Waals surface area contributed by atoms with Crippen LogP contribution < -0.4 is 4.74 Å². The Bertz CT molecular complexity index is 633. The molecule has 3 heteroatoms. The zero-order valence-electron chi connectivity index (χ0n) is 12.1. The molecule has 0 bridgehead atoms. The second-order valence-corrected chi connectivity index (χ2v) is 4.71. The third-order valence-corrected chi connectivity index (χ3v) is 2.99. The van der Waals surface area contributed by atoms with Gasteiger partial charge in [0.2, 0.25) is 0 Å². The van der Waals surface area contributed by atoms with Crippen molar-refractivity contribution in [2.45, 2.75) is 20.8 Å². The van der Waals surface area contributed by atoms with Crippen LogP contribution in [0, 0.1) is 13.8 Å². The van der Waals surface area contributed by atoms with E-state index in [0.717, 1.165) is 16.8 Å². The number of rotatable bonds is 4. The highest BCUT2D eigenvalue weighted by atomic mass is 16.5. The minimum Gasteiger partial charge on any atom is -0.504 e. The fraction of sp³-hybridized carbons (Fsp3) is 0.235. The van der Waals surface area contributed by atoms with E-state index in [1.165, 1.54) is 5.56 Å². The molecule has 0 aliphatic carbocycles. The first kappa shape index (κ1) is 14.1. The summed E-state index contributed by atoms with van der Waals surface area (Å²) in [5.74, 6) is 0.632. The molecule has 3 nitrogen and oxygen atoms in total. The number of benzene rings is 2. The Balaban J connectivity index is 2.24. The molecule has 1 N–H and O–H groups in total. The minimum atomic E-state index is 0.149. The second-order valence-electron chi connectivity index (χ2n) is 4.71. The molecule has 20 heavy (non-hydrogen) atoms. The first-order valence-electron chi connectivity index (χ1n) is 6.67. The summed E-state index contributed by atoms with van der Waals surface area (Å²) in [5.41, 5.74) is 4.21. The number of phenols is 1. The number of phenolic OH excluding ortho intramolecular Hbond substituents is 1. The molecule has 2 rings (SSSR count). The Kier molecular flexibility index (Phi) is 4.41. The van der Waals surface area contributed by atoms with Crippen LogP contribution in [0.15, 0.2) is 41.4 Å². The Labute approximate surface area is 119 Å². The third-order valence-electron chi connectivity index (χ3n) is 2.99. The van der Waals surface area contributed by atoms with Gasteiger partial charge in [0.1, 0.15) is 0 Å². The smallest absolute Gasteiger partial charge is 0.161 e. The summed E-state index contributed by atoms with van der Waals surface area (Å²) in [6, 6.07) is 11.4. The van der Waals surface area contributed by atoms with Gasteiger partial charge in [-0.2, -0.15) is 0 Å². The van der Waals surface area contributed by atoms with Crippen molar-refractivity contribution in [3.8, 4) is 11.5 Å². The standard InChI is InChI=1S/C17H19NO2/c1-4-20-17-10-14(6-8-16(17)19)11-18-15-7-5-12(2)9-13(15)3/h5-11,19H,4H2,1-3H3. The number of hydrogen-bond donors (Lipinski definition) is 1. The predicted molar refractivity (Wildman–Crippen MR) is 82.4 cm³/mol. The average Bonchev–Trinajstić information content (AvgIpc) is 2.41. The summed E-state index contributed by atoms with van der Waals surface area (Å²) >= 11 is 0. The fourth-order valence-corrected chi connectivity index (χ4v) is 1.98. The predicted octanol–water partition coefficient (Wildman–Crippen LogP) is 4.16. The highest BCUT2D eigenvalue weighted by molar-refractivity contribution is 5.83. The van der Waals surface area contributed by atoms with Crippen molar-refractivity contribution in [3.05, 3.63) is 53.1 Å². The maximum absolute atomic E-state index is 9.66. The number of aliphatic imine (C=N–C) groups is 1. The molecule has 0 radical (unpaired) electrons. The Morgan fingerprint density at radius 1 is 1.15 bits per heavy atom. The number of ether oxygens (including phenoxy) is 1. The highest BCUT2D eigenvalue weighted by Crippen LogP contribution is 2.26. The van der Waals surface area contributed by atoms with Crippen molar-refractivity contribution in [1.82, 2.24) is 0 Å². The van der Waals surface area contributed by atoms with Crippen LogP contribution in [0.1, 0.15) is 23.6 Å². The van der Waals surface area contributed by atoms with E-state index in [-0.39, 0.29) is 5.75 Å². The van der Waals surface area contributed by atoms with Crippen LogP contribution in [0.2, 0.25) is 0 Å². The van der Waals surface area contributed by atoms with E-state index in [9.17, 15) is 5.11 Å². The number of nitrogens with zero attached hydrogens (tertiary/aromatic N) is 1. The topological polar surface area (TPSA) is 41.8 Å². The molecular formula is C17H19NO2. The van der Waals surface area contributed by atoms with Crippen molar-refractivity contribution in [2.75, 3.05) is 6.61 Å². The molecule has 0 atom stereocenters. The van der Waals surface area contributed by atoms with Crippen LogP contribution in [0.3, 0.4) is 0 Å². The Morgan fingerprint density at radius 2 is 1.95 bits per heavy atom. The highest BCUT2D eigenvalue weighted by Gasteiger charge is 2.02. The molecule has 2 aromatic rings. The lowest BCUT2D eigenvalue weighted by Gasteiger charge is -2.06. The number of aromatic hydroxyl groups is 1. The first-order valence-corrected chi connectivity index (χ1v) is 6.67. The summed E-state index contributed by atoms with van der Waals surface area (Å²) in [6.45, 7) is 6.51. The van der Waals surface area contributed by atoms with Crippen molar-refractivity contribution in [3.63, 3.8) is 0 Å². The lowest BCUT2D eigenvalue weighted by Crippen LogP contribution is -1.93. The van der Waals surface area contributed by atoms with Gasteiger partial charge >= 0.3 is 0 Å². The fourth-order valence-electron chi connectivity index (χ4n) is 1.98. The van der Waals surface area contributed by atoms with Crippen molar-refractivity contribution in [1.29, 1.82) is 0 Å². The van der Waals surface area contributed by atoms with E-state index in [4.69, 9.17) is 4.74 Å². The Hall–Kier alpha value is -2.29. The monoisotopic (exact) mass is 269 g/mol. The third kappa shape index (κ3) is 3.38. The van der Waals surface area contributed by atoms with Gasteiger partial charge in [-0.1, -0.05) is 17.7 Å². The van der Waals surface area contributed by atoms with Crippen LogP contribution in [-0.4, -0.2) is 17.9 Å². The lowest BCUT2D eigenvalue weighted by atomic mass is 10.1. The van der Waals surface area contributed by atoms with Crippen LogP contribution in [0.25, 0.3) is 0 Å². The normalized spacial score (nSPS) is 10.9. The summed E-state index contributed by atoms with van der Waals surface area (Å²) in [7, 11) is 0. The lowest BCUT2D eigenvalue weighted by molar-refractivity contribution is 0.318. The maximum atomic E-state index is 9.66. The zero-order valence-corrected chi connectivity index (χ0v) is 12.1. The van der Waals surface area contributed by atoms with Gasteiger partial charge in [-0.3, -0.25) is 4.99 Å². The van der Waals surface area contributed by atoms with E-state index in [1.54, 1.807) is 18.3 Å². The van der Waals surface area contributed by atoms with E-state index < -0.39 is 0 Å². The van der Waals surface area contributed by atoms with Crippen LogP contribution in [0.5, 0.6) is 11.5 Å². The molecule has 0 amide bonds. The van der Waals surface area contributed by atoms with Gasteiger partial charge in [-0.15, -0.1) is 0 Å². The van der Waals surface area contributed by atoms with E-state index in [0.29, 0.717) is 12.4 Å². The van der Waals surface area contributed by atoms with Crippen LogP contribution in [-0.2, 0) is 0 Å². The molecule has 0 unspecified atom stereocenters. The van der Waals surface area contributed by atoms with Crippen LogP contribution in [0.4, 0.5) is 5.69 Å². The van der Waals surface area contributed by atoms with E-state index >= 15 is 0 Å². The van der Waals surface area contributed by atoms with Crippen molar-refractivity contribution >= 4 is 11.9 Å². The minimum absolute atomic E-state index is 0.149. The SMILES string of the molecule is CCOc1cc(C=Nc2ccc(C)cc2C)ccc1O. The van der Waals surface area contributed by atoms with Crippen molar-refractivity contribution in [2.24, 2.45) is 4.99 Å². The molecule has 0 fully saturated rings. The van der Waals surface area contributed by atoms with Gasteiger partial charge in [0.25, 0.3) is 0 Å². The maximum Gasteiger partial charge on any atom is 0.161 e. The first-order chi connectivity index (χ1) is 9.60. The van der Waals surface area contributed by atoms with Gasteiger partial charge < -0.3 is 9.84 Å². The molecule has 0 aromatic heterocycles. The van der Waals surface area contributed by atoms with E-state index in [2.05, 4.69) is 18.0 Å². The quantitative estimate of drug-likeness (QED) is 0.847. The summed E-state index contributed by atoms with van der Waals surface area (Å²) in [5, 5.41) is 9.66. The van der Waals surface area contributed by atoms with E-state index in [1.807, 2.05) is 32.0 Å². The number of hydrogen-bond acceptors (Lipinski definition) is 3. The van der Waals surface area contributed by atoms with Gasteiger partial charge in [0.05, 0.1) is 12.3 Å². The molecule has 0 aliphatic rings. The summed E-state index contributed by atoms with van der Waals surface area (Å²) in [6.07, 6.45) is 1.78. The molecule has 2 aromatic carbocycles. The van der Waals surface area contributed by atoms with Gasteiger partial charge in [0.15, 0.2) is 11.5 Å². The second kappa shape index (κ2) is 6.24. The summed E-state index contributed by atoms with van der Waals surface area (Å²) < 4.78 is 5.36. The molecular weight excluding hydrogens is 250 g/mol. The summed E-state index contributed by atoms with van der Waals surface area (Å²) in [4.78, 5) is 4.49.